The highest BCUT2D eigenvalue weighted by Crippen LogP contribution is 2.34. The molecule has 5 aromatic rings. The third-order valence-corrected chi connectivity index (χ3v) is 7.06. The highest BCUT2D eigenvalue weighted by molar-refractivity contribution is 7.92. The van der Waals surface area contributed by atoms with Crippen molar-refractivity contribution >= 4 is 15.9 Å². The first-order chi connectivity index (χ1) is 16.8. The summed E-state index contributed by atoms with van der Waals surface area (Å²) in [7, 11) is -4.00. The Kier molecular flexibility index (Phi) is 5.65. The van der Waals surface area contributed by atoms with Gasteiger partial charge in [-0.3, -0.25) is 0 Å². The van der Waals surface area contributed by atoms with Crippen molar-refractivity contribution in [3.8, 4) is 22.6 Å². The van der Waals surface area contributed by atoms with E-state index in [1.807, 2.05) is 18.2 Å². The van der Waals surface area contributed by atoms with Crippen LogP contribution in [0.15, 0.2) is 68.8 Å². The SMILES string of the molecule is Cc1noc(NS(=O)(=O)c2ccccc2-c2ccc(-c3ncco3)cc2Cn2nnnc2C)c1C. The molecule has 3 aromatic heterocycles. The summed E-state index contributed by atoms with van der Waals surface area (Å²) >= 11 is 0. The molecule has 0 saturated carbocycles. The number of hydrogen-bond donors (Lipinski definition) is 1. The summed E-state index contributed by atoms with van der Waals surface area (Å²) in [5, 5.41) is 15.5. The van der Waals surface area contributed by atoms with E-state index >= 15 is 0 Å². The Labute approximate surface area is 200 Å². The van der Waals surface area contributed by atoms with Gasteiger partial charge in [-0.05, 0) is 60.5 Å². The van der Waals surface area contributed by atoms with Gasteiger partial charge in [0.2, 0.25) is 11.8 Å². The first-order valence-electron chi connectivity index (χ1n) is 10.6. The lowest BCUT2D eigenvalue weighted by molar-refractivity contribution is 0.430. The summed E-state index contributed by atoms with van der Waals surface area (Å²) in [6.45, 7) is 5.59. The quantitative estimate of drug-likeness (QED) is 0.360. The van der Waals surface area contributed by atoms with Crippen LogP contribution in [0.4, 0.5) is 5.88 Å². The Bertz CT molecular complexity index is 1600. The van der Waals surface area contributed by atoms with Gasteiger partial charge in [-0.1, -0.05) is 29.4 Å². The van der Waals surface area contributed by atoms with E-state index in [0.29, 0.717) is 40.6 Å². The second-order valence-electron chi connectivity index (χ2n) is 7.92. The number of aryl methyl sites for hydroxylation is 2. The zero-order chi connectivity index (χ0) is 24.6. The third kappa shape index (κ3) is 4.30. The molecule has 0 aliphatic rings. The van der Waals surface area contributed by atoms with Crippen molar-refractivity contribution in [1.29, 1.82) is 0 Å². The molecule has 0 amide bonds. The largest absolute Gasteiger partial charge is 0.445 e. The molecule has 0 saturated heterocycles. The zero-order valence-electron chi connectivity index (χ0n) is 19.1. The van der Waals surface area contributed by atoms with Gasteiger partial charge in [0.25, 0.3) is 10.0 Å². The molecular formula is C23H21N7O4S. The molecule has 0 unspecified atom stereocenters. The van der Waals surface area contributed by atoms with Gasteiger partial charge in [0, 0.05) is 16.7 Å². The van der Waals surface area contributed by atoms with Crippen molar-refractivity contribution < 1.29 is 17.4 Å². The maximum Gasteiger partial charge on any atom is 0.264 e. The summed E-state index contributed by atoms with van der Waals surface area (Å²) in [6.07, 6.45) is 3.06. The number of nitrogens with zero attached hydrogens (tertiary/aromatic N) is 6. The maximum atomic E-state index is 13.4. The molecule has 0 fully saturated rings. The fourth-order valence-corrected chi connectivity index (χ4v) is 4.92. The molecule has 178 valence electrons. The second kappa shape index (κ2) is 8.80. The number of tetrazole rings is 1. The molecule has 0 radical (unpaired) electrons. The van der Waals surface area contributed by atoms with Crippen LogP contribution in [0.5, 0.6) is 0 Å². The highest BCUT2D eigenvalue weighted by atomic mass is 32.2. The van der Waals surface area contributed by atoms with Crippen molar-refractivity contribution in [3.05, 3.63) is 77.6 Å². The Morgan fingerprint density at radius 1 is 1.06 bits per heavy atom. The second-order valence-corrected chi connectivity index (χ2v) is 9.57. The van der Waals surface area contributed by atoms with Crippen LogP contribution >= 0.6 is 0 Å². The number of benzene rings is 2. The third-order valence-electron chi connectivity index (χ3n) is 5.67. The number of anilines is 1. The number of nitrogens with one attached hydrogen (secondary N) is 1. The van der Waals surface area contributed by atoms with Crippen molar-refractivity contribution in [2.24, 2.45) is 0 Å². The van der Waals surface area contributed by atoms with E-state index in [1.165, 1.54) is 6.26 Å². The lowest BCUT2D eigenvalue weighted by atomic mass is 9.97. The minimum Gasteiger partial charge on any atom is -0.445 e. The van der Waals surface area contributed by atoms with E-state index in [-0.39, 0.29) is 10.8 Å². The van der Waals surface area contributed by atoms with Gasteiger partial charge in [0.15, 0.2) is 0 Å². The first-order valence-corrected chi connectivity index (χ1v) is 12.1. The molecule has 0 spiro atoms. The standard InChI is InChI=1S/C23H21N7O4S/c1-14-15(2)26-34-22(14)27-35(31,32)21-7-5-4-6-20(21)19-9-8-17(23-24-10-11-33-23)12-18(19)13-30-16(3)25-28-29-30/h4-12,27H,13H2,1-3H3. The van der Waals surface area contributed by atoms with Crippen LogP contribution in [0, 0.1) is 20.8 Å². The summed E-state index contributed by atoms with van der Waals surface area (Å²) < 4.78 is 41.7. The predicted molar refractivity (Wildman–Crippen MR) is 126 cm³/mol. The lowest BCUT2D eigenvalue weighted by Crippen LogP contribution is -2.15. The van der Waals surface area contributed by atoms with E-state index in [4.69, 9.17) is 8.94 Å². The van der Waals surface area contributed by atoms with Crippen molar-refractivity contribution in [1.82, 2.24) is 30.3 Å². The summed E-state index contributed by atoms with van der Waals surface area (Å²) in [5.74, 6) is 1.15. The molecule has 1 N–H and O–H groups in total. The molecule has 0 aliphatic heterocycles. The average molecular weight is 492 g/mol. The average Bonchev–Trinajstić information content (AvgIpc) is 3.59. The van der Waals surface area contributed by atoms with E-state index < -0.39 is 10.0 Å². The fraction of sp³-hybridized carbons (Fsp3) is 0.174. The minimum atomic E-state index is -4.00. The van der Waals surface area contributed by atoms with Crippen LogP contribution < -0.4 is 4.72 Å². The molecule has 5 rings (SSSR count). The number of oxazole rings is 1. The van der Waals surface area contributed by atoms with Gasteiger partial charge in [-0.15, -0.1) is 5.10 Å². The zero-order valence-corrected chi connectivity index (χ0v) is 19.9. The minimum absolute atomic E-state index is 0.0843. The van der Waals surface area contributed by atoms with Crippen LogP contribution in [0.3, 0.4) is 0 Å². The normalized spacial score (nSPS) is 11.6. The molecule has 3 heterocycles. The number of rotatable bonds is 7. The highest BCUT2D eigenvalue weighted by Gasteiger charge is 2.24. The van der Waals surface area contributed by atoms with Crippen molar-refractivity contribution in [2.45, 2.75) is 32.2 Å². The van der Waals surface area contributed by atoms with Gasteiger partial charge in [-0.2, -0.15) is 0 Å². The van der Waals surface area contributed by atoms with Crippen LogP contribution in [0.1, 0.15) is 22.6 Å². The smallest absolute Gasteiger partial charge is 0.264 e. The predicted octanol–water partition coefficient (Wildman–Crippen LogP) is 3.76. The Morgan fingerprint density at radius 3 is 2.57 bits per heavy atom. The first kappa shape index (κ1) is 22.5. The van der Waals surface area contributed by atoms with Crippen molar-refractivity contribution in [2.75, 3.05) is 4.72 Å². The molecular weight excluding hydrogens is 470 g/mol. The van der Waals surface area contributed by atoms with E-state index in [1.54, 1.807) is 55.9 Å². The summed E-state index contributed by atoms with van der Waals surface area (Å²) in [4.78, 5) is 4.31. The Hall–Kier alpha value is -4.32. The van der Waals surface area contributed by atoms with Gasteiger partial charge in [0.1, 0.15) is 12.1 Å². The number of aromatic nitrogens is 6. The monoisotopic (exact) mass is 491 g/mol. The molecule has 0 atom stereocenters. The topological polar surface area (TPSA) is 142 Å². The van der Waals surface area contributed by atoms with Crippen molar-refractivity contribution in [3.63, 3.8) is 0 Å². The lowest BCUT2D eigenvalue weighted by Gasteiger charge is -2.16. The van der Waals surface area contributed by atoms with E-state index in [2.05, 4.69) is 30.4 Å². The summed E-state index contributed by atoms with van der Waals surface area (Å²) in [6, 6.07) is 12.3. The van der Waals surface area contributed by atoms with E-state index in [9.17, 15) is 8.42 Å². The summed E-state index contributed by atoms with van der Waals surface area (Å²) in [5.41, 5.74) is 3.96. The molecule has 11 nitrogen and oxygen atoms in total. The van der Waals surface area contributed by atoms with Crippen LogP contribution in [-0.4, -0.2) is 38.8 Å². The molecule has 0 aliphatic carbocycles. The van der Waals surface area contributed by atoms with Gasteiger partial charge in [-0.25, -0.2) is 22.8 Å². The van der Waals surface area contributed by atoms with Crippen LogP contribution in [0.25, 0.3) is 22.6 Å². The van der Waals surface area contributed by atoms with Crippen LogP contribution in [-0.2, 0) is 16.6 Å². The Balaban J connectivity index is 1.63. The number of sulfonamides is 1. The van der Waals surface area contributed by atoms with Gasteiger partial charge < -0.3 is 8.94 Å². The van der Waals surface area contributed by atoms with Gasteiger partial charge in [0.05, 0.1) is 23.3 Å². The molecule has 12 heteroatoms. The number of hydrogen-bond acceptors (Lipinski definition) is 9. The molecule has 2 aromatic carbocycles. The molecule has 0 bridgehead atoms. The molecule has 35 heavy (non-hydrogen) atoms. The van der Waals surface area contributed by atoms with Crippen LogP contribution in [0.2, 0.25) is 0 Å². The van der Waals surface area contributed by atoms with E-state index in [0.717, 1.165) is 11.1 Å². The maximum absolute atomic E-state index is 13.4. The fourth-order valence-electron chi connectivity index (χ4n) is 3.65. The van der Waals surface area contributed by atoms with Gasteiger partial charge >= 0.3 is 0 Å². The Morgan fingerprint density at radius 2 is 1.89 bits per heavy atom.